The lowest BCUT2D eigenvalue weighted by Crippen LogP contribution is -2.01. The number of carboxylic acid groups (broad SMARTS) is 1. The third kappa shape index (κ3) is 2.96. The number of allylic oxidation sites excluding steroid dienone is 1. The summed E-state index contributed by atoms with van der Waals surface area (Å²) in [7, 11) is 0. The Kier molecular flexibility index (Phi) is 3.98. The van der Waals surface area contributed by atoms with Crippen LogP contribution in [0, 0.1) is 0 Å². The van der Waals surface area contributed by atoms with Crippen molar-refractivity contribution in [3.8, 4) is 5.88 Å². The number of nitrogens with zero attached hydrogens (tertiary/aromatic N) is 2. The summed E-state index contributed by atoms with van der Waals surface area (Å²) < 4.78 is 0. The van der Waals surface area contributed by atoms with Crippen LogP contribution in [0.1, 0.15) is 20.8 Å². The summed E-state index contributed by atoms with van der Waals surface area (Å²) in [5.74, 6) is -1.15. The number of anilines is 2. The van der Waals surface area contributed by atoms with Gasteiger partial charge in [-0.2, -0.15) is 4.98 Å². The second-order valence-electron chi connectivity index (χ2n) is 5.56. The van der Waals surface area contributed by atoms with E-state index < -0.39 is 5.97 Å². The number of rotatable bonds is 4. The highest BCUT2D eigenvalue weighted by molar-refractivity contribution is 7.16. The molecule has 0 spiro atoms. The Morgan fingerprint density at radius 1 is 1.12 bits per heavy atom. The molecule has 1 aromatic heterocycles. The normalized spacial score (nSPS) is 13.8. The molecule has 4 rings (SSSR count). The first kappa shape index (κ1) is 16.0. The minimum atomic E-state index is -1.03. The molecule has 1 aliphatic heterocycles. The second-order valence-corrected chi connectivity index (χ2v) is 6.59. The van der Waals surface area contributed by atoms with Crippen LogP contribution < -0.4 is 5.32 Å². The number of carboxylic acids is 1. The van der Waals surface area contributed by atoms with Crippen LogP contribution in [0.15, 0.2) is 53.5 Å². The van der Waals surface area contributed by atoms with Gasteiger partial charge in [0, 0.05) is 17.4 Å². The van der Waals surface area contributed by atoms with E-state index in [1.165, 1.54) is 17.4 Å². The molecule has 3 N–H and O–H groups in total. The van der Waals surface area contributed by atoms with Gasteiger partial charge in [0.1, 0.15) is 0 Å². The Bertz CT molecular complexity index is 1070. The average Bonchev–Trinajstić information content (AvgIpc) is 3.19. The lowest BCUT2D eigenvalue weighted by atomic mass is 10.1. The predicted molar refractivity (Wildman–Crippen MR) is 103 cm³/mol. The molecule has 2 aromatic carbocycles. The van der Waals surface area contributed by atoms with Crippen molar-refractivity contribution in [3.63, 3.8) is 0 Å². The summed E-state index contributed by atoms with van der Waals surface area (Å²) in [6.07, 6.45) is 3.56. The maximum atomic E-state index is 11.3. The van der Waals surface area contributed by atoms with Crippen molar-refractivity contribution in [2.75, 3.05) is 5.32 Å². The maximum absolute atomic E-state index is 11.3. The van der Waals surface area contributed by atoms with E-state index >= 15 is 0 Å². The SMILES string of the molecule is O=C(O)c1ccccc1Nc1nc(O)c(/C=C2/C=Nc3ccccc32)s1. The predicted octanol–water partition coefficient (Wildman–Crippen LogP) is 4.55. The summed E-state index contributed by atoms with van der Waals surface area (Å²) in [6.45, 7) is 0. The monoisotopic (exact) mass is 363 g/mol. The van der Waals surface area contributed by atoms with Gasteiger partial charge in [0.15, 0.2) is 5.13 Å². The minimum absolute atomic E-state index is 0.115. The molecule has 0 saturated carbocycles. The number of para-hydroxylation sites is 2. The number of thiazole rings is 1. The zero-order chi connectivity index (χ0) is 18.1. The quantitative estimate of drug-likeness (QED) is 0.632. The molecule has 0 amide bonds. The van der Waals surface area contributed by atoms with E-state index in [2.05, 4.69) is 15.3 Å². The molecule has 0 aliphatic carbocycles. The molecule has 7 heteroatoms. The van der Waals surface area contributed by atoms with Crippen LogP contribution in [0.2, 0.25) is 0 Å². The van der Waals surface area contributed by atoms with Crippen molar-refractivity contribution in [3.05, 3.63) is 64.5 Å². The number of aromatic hydroxyl groups is 1. The molecule has 0 bridgehead atoms. The highest BCUT2D eigenvalue weighted by Crippen LogP contribution is 2.37. The number of aromatic carboxylic acids is 1. The highest BCUT2D eigenvalue weighted by atomic mass is 32.1. The van der Waals surface area contributed by atoms with Gasteiger partial charge in [0.05, 0.1) is 21.8 Å². The van der Waals surface area contributed by atoms with Gasteiger partial charge in [-0.05, 0) is 24.3 Å². The zero-order valence-corrected chi connectivity index (χ0v) is 14.2. The van der Waals surface area contributed by atoms with Crippen molar-refractivity contribution in [1.29, 1.82) is 0 Å². The van der Waals surface area contributed by atoms with Gasteiger partial charge < -0.3 is 15.5 Å². The van der Waals surface area contributed by atoms with Crippen molar-refractivity contribution in [2.45, 2.75) is 0 Å². The summed E-state index contributed by atoms with van der Waals surface area (Å²) in [6, 6.07) is 14.3. The molecular formula is C19H13N3O3S. The summed E-state index contributed by atoms with van der Waals surface area (Å²) in [4.78, 5) is 20.3. The van der Waals surface area contributed by atoms with Crippen LogP contribution in [0.5, 0.6) is 5.88 Å². The summed E-state index contributed by atoms with van der Waals surface area (Å²) in [5.41, 5.74) is 3.32. The van der Waals surface area contributed by atoms with Gasteiger partial charge in [0.2, 0.25) is 5.88 Å². The van der Waals surface area contributed by atoms with Crippen molar-refractivity contribution >= 4 is 51.7 Å². The molecule has 6 nitrogen and oxygen atoms in total. The first-order valence-electron chi connectivity index (χ1n) is 7.76. The first-order chi connectivity index (χ1) is 12.6. The molecule has 26 heavy (non-hydrogen) atoms. The number of aromatic nitrogens is 1. The smallest absolute Gasteiger partial charge is 0.337 e. The van der Waals surface area contributed by atoms with Crippen molar-refractivity contribution in [2.24, 2.45) is 4.99 Å². The van der Waals surface area contributed by atoms with Crippen LogP contribution in [-0.4, -0.2) is 27.4 Å². The summed E-state index contributed by atoms with van der Waals surface area (Å²) >= 11 is 1.23. The largest absolute Gasteiger partial charge is 0.492 e. The van der Waals surface area contributed by atoms with Crippen LogP contribution in [0.3, 0.4) is 0 Å². The second kappa shape index (κ2) is 6.45. The molecule has 0 radical (unpaired) electrons. The van der Waals surface area contributed by atoms with Gasteiger partial charge in [-0.1, -0.05) is 41.7 Å². The molecule has 3 aromatic rings. The third-order valence-corrected chi connectivity index (χ3v) is 4.78. The number of aliphatic imine (C=N–C) groups is 1. The van der Waals surface area contributed by atoms with E-state index in [0.29, 0.717) is 15.7 Å². The zero-order valence-electron chi connectivity index (χ0n) is 13.4. The van der Waals surface area contributed by atoms with E-state index in [-0.39, 0.29) is 11.4 Å². The van der Waals surface area contributed by atoms with Crippen LogP contribution >= 0.6 is 11.3 Å². The molecule has 0 atom stereocenters. The fourth-order valence-corrected chi connectivity index (χ4v) is 3.48. The van der Waals surface area contributed by atoms with E-state index in [0.717, 1.165) is 16.8 Å². The van der Waals surface area contributed by atoms with Crippen molar-refractivity contribution in [1.82, 2.24) is 4.98 Å². The average molecular weight is 363 g/mol. The number of carbonyl (C=O) groups is 1. The van der Waals surface area contributed by atoms with Gasteiger partial charge in [0.25, 0.3) is 0 Å². The number of benzene rings is 2. The Balaban J connectivity index is 1.65. The molecule has 0 unspecified atom stereocenters. The molecule has 0 fully saturated rings. The Labute approximate surface area is 152 Å². The standard InChI is InChI=1S/C19H13N3O3S/c23-17-16(9-11-10-20-14-7-3-1-5-12(11)14)26-19(22-17)21-15-8-4-2-6-13(15)18(24)25/h1-10,23H,(H,21,22)(H,24,25)/b11-9-. The van der Waals surface area contributed by atoms with Gasteiger partial charge >= 0.3 is 5.97 Å². The Morgan fingerprint density at radius 3 is 2.73 bits per heavy atom. The topological polar surface area (TPSA) is 94.8 Å². The van der Waals surface area contributed by atoms with E-state index in [9.17, 15) is 15.0 Å². The molecule has 128 valence electrons. The molecule has 1 aliphatic rings. The fourth-order valence-electron chi connectivity index (χ4n) is 2.66. The van der Waals surface area contributed by atoms with Gasteiger partial charge in [-0.25, -0.2) is 4.79 Å². The number of hydrogen-bond acceptors (Lipinski definition) is 6. The van der Waals surface area contributed by atoms with Crippen LogP contribution in [0.4, 0.5) is 16.5 Å². The number of nitrogens with one attached hydrogen (secondary N) is 1. The van der Waals surface area contributed by atoms with Gasteiger partial charge in [-0.3, -0.25) is 4.99 Å². The molecular weight excluding hydrogens is 350 g/mol. The number of fused-ring (bicyclic) bond motifs is 1. The van der Waals surface area contributed by atoms with E-state index in [1.807, 2.05) is 30.3 Å². The van der Waals surface area contributed by atoms with Gasteiger partial charge in [-0.15, -0.1) is 0 Å². The third-order valence-electron chi connectivity index (χ3n) is 3.88. The van der Waals surface area contributed by atoms with E-state index in [4.69, 9.17) is 0 Å². The number of hydrogen-bond donors (Lipinski definition) is 3. The Morgan fingerprint density at radius 2 is 1.88 bits per heavy atom. The fraction of sp³-hybridized carbons (Fsp3) is 0. The molecule has 0 saturated heterocycles. The van der Waals surface area contributed by atoms with Crippen LogP contribution in [-0.2, 0) is 0 Å². The highest BCUT2D eigenvalue weighted by Gasteiger charge is 2.16. The first-order valence-corrected chi connectivity index (χ1v) is 8.58. The lowest BCUT2D eigenvalue weighted by molar-refractivity contribution is 0.0698. The van der Waals surface area contributed by atoms with Crippen LogP contribution in [0.25, 0.3) is 11.6 Å². The lowest BCUT2D eigenvalue weighted by Gasteiger charge is -2.05. The summed E-state index contributed by atoms with van der Waals surface area (Å²) in [5, 5.41) is 22.8. The Hall–Kier alpha value is -3.45. The maximum Gasteiger partial charge on any atom is 0.337 e. The minimum Gasteiger partial charge on any atom is -0.492 e. The van der Waals surface area contributed by atoms with E-state index in [1.54, 1.807) is 24.4 Å². The molecule has 2 heterocycles. The van der Waals surface area contributed by atoms with Crippen molar-refractivity contribution < 1.29 is 15.0 Å².